The lowest BCUT2D eigenvalue weighted by Crippen LogP contribution is -2.51. The number of anilines is 2. The molecule has 1 N–H and O–H groups in total. The summed E-state index contributed by atoms with van der Waals surface area (Å²) in [6.45, 7) is 20.3. The molecule has 1 aliphatic heterocycles. The van der Waals surface area contributed by atoms with E-state index in [1.165, 1.54) is 21.9 Å². The summed E-state index contributed by atoms with van der Waals surface area (Å²) in [6.07, 6.45) is -0.665. The summed E-state index contributed by atoms with van der Waals surface area (Å²) in [5, 5.41) is 0. The van der Waals surface area contributed by atoms with Gasteiger partial charge in [-0.15, -0.1) is 0 Å². The average Bonchev–Trinajstić information content (AvgIpc) is 3.44. The van der Waals surface area contributed by atoms with Crippen LogP contribution in [0.3, 0.4) is 0 Å². The molecule has 1 heterocycles. The van der Waals surface area contributed by atoms with Crippen LogP contribution in [-0.2, 0) is 47.0 Å². The average molecular weight is 835 g/mol. The molecule has 15 nitrogen and oxygen atoms in total. The number of hydrogen-bond donors (Lipinski definition) is 1. The summed E-state index contributed by atoms with van der Waals surface area (Å²) >= 11 is 0. The van der Waals surface area contributed by atoms with Crippen LogP contribution in [0.5, 0.6) is 5.75 Å². The lowest BCUT2D eigenvalue weighted by atomic mass is 10.1. The predicted molar refractivity (Wildman–Crippen MR) is 217 cm³/mol. The SMILES string of the molecule is C=CCOC(=O)NS(=O)(=O)N(CC(=O)OC(C)(C)C)c1c(OCc2ccccc2)cc2c(c1F)C[C@H](CN(C(=O)OC(C)(C)C)C(C)CCC)N2C(=O)OC(C)(C)C. The molecule has 2 aromatic rings. The molecule has 1 unspecified atom stereocenters. The van der Waals surface area contributed by atoms with Crippen LogP contribution >= 0.6 is 0 Å². The van der Waals surface area contributed by atoms with Gasteiger partial charge in [-0.3, -0.25) is 9.69 Å². The maximum absolute atomic E-state index is 17.6. The van der Waals surface area contributed by atoms with Crippen molar-refractivity contribution >= 4 is 45.8 Å². The molecule has 1 aliphatic rings. The van der Waals surface area contributed by atoms with Crippen LogP contribution in [0.1, 0.15) is 100 Å². The van der Waals surface area contributed by atoms with Crippen LogP contribution < -0.4 is 18.7 Å². The number of fused-ring (bicyclic) bond motifs is 1. The van der Waals surface area contributed by atoms with Gasteiger partial charge in [0.25, 0.3) is 0 Å². The molecule has 2 aromatic carbocycles. The van der Waals surface area contributed by atoms with Gasteiger partial charge in [0.2, 0.25) is 0 Å². The Hall–Kier alpha value is -5.06. The first kappa shape index (κ1) is 47.3. The Bertz CT molecular complexity index is 1900. The van der Waals surface area contributed by atoms with E-state index in [1.807, 2.05) is 13.8 Å². The molecule has 0 spiro atoms. The highest BCUT2D eigenvalue weighted by atomic mass is 32.2. The van der Waals surface area contributed by atoms with E-state index < -0.39 is 81.1 Å². The van der Waals surface area contributed by atoms with Crippen molar-refractivity contribution < 1.29 is 55.7 Å². The third-order valence-electron chi connectivity index (χ3n) is 8.23. The summed E-state index contributed by atoms with van der Waals surface area (Å²) in [5.41, 5.74) is -3.25. The third kappa shape index (κ3) is 13.5. The molecule has 0 saturated carbocycles. The van der Waals surface area contributed by atoms with E-state index in [4.69, 9.17) is 23.7 Å². The maximum atomic E-state index is 17.6. The smallest absolute Gasteiger partial charge is 0.422 e. The van der Waals surface area contributed by atoms with Gasteiger partial charge in [0.05, 0.1) is 11.7 Å². The summed E-state index contributed by atoms with van der Waals surface area (Å²) in [6, 6.07) is 8.67. The quantitative estimate of drug-likeness (QED) is 0.106. The fourth-order valence-corrected chi connectivity index (χ4v) is 7.08. The van der Waals surface area contributed by atoms with Crippen LogP contribution in [0.4, 0.5) is 30.1 Å². The molecule has 0 saturated heterocycles. The maximum Gasteiger partial charge on any atom is 0.422 e. The van der Waals surface area contributed by atoms with Crippen LogP contribution in [0.2, 0.25) is 0 Å². The number of hydrogen-bond acceptors (Lipinski definition) is 11. The van der Waals surface area contributed by atoms with Crippen molar-refractivity contribution in [3.63, 3.8) is 0 Å². The minimum atomic E-state index is -5.15. The second-order valence-electron chi connectivity index (χ2n) is 16.9. The van der Waals surface area contributed by atoms with Crippen molar-refractivity contribution in [1.82, 2.24) is 9.62 Å². The van der Waals surface area contributed by atoms with E-state index >= 15 is 4.39 Å². The number of carbonyl (C=O) groups excluding carboxylic acids is 4. The van der Waals surface area contributed by atoms with E-state index in [0.29, 0.717) is 16.3 Å². The fourth-order valence-electron chi connectivity index (χ4n) is 6.01. The number of ether oxygens (including phenoxy) is 5. The fraction of sp³-hybridized carbons (Fsp3) is 0.561. The van der Waals surface area contributed by atoms with E-state index in [2.05, 4.69) is 6.58 Å². The van der Waals surface area contributed by atoms with Gasteiger partial charge < -0.3 is 28.6 Å². The topological polar surface area (TPSA) is 170 Å². The standard InChI is InChI=1S/C41H59FN4O11S/c1-13-18-27(3)44(37(49)56-40(7,8)9)24-29-22-30-31(46(29)38(50)57-41(10,11)12)23-32(54-26-28-19-16-15-17-20-28)35(34(30)42)45(25-33(47)55-39(4,5)6)58(51,52)43-36(48)53-21-14-2/h14-17,19-20,23,27,29H,2,13,18,21-22,24-26H2,1,3-12H3,(H,43,48)/t27?,29-/m1/s1. The van der Waals surface area contributed by atoms with Gasteiger partial charge in [-0.2, -0.15) is 8.42 Å². The van der Waals surface area contributed by atoms with E-state index in [1.54, 1.807) is 97.4 Å². The zero-order valence-corrected chi connectivity index (χ0v) is 36.3. The van der Waals surface area contributed by atoms with Gasteiger partial charge in [0, 0.05) is 30.6 Å². The molecular weight excluding hydrogens is 776 g/mol. The number of carbonyl (C=O) groups is 4. The minimum absolute atomic E-state index is 0.0242. The van der Waals surface area contributed by atoms with Gasteiger partial charge in [0.15, 0.2) is 5.82 Å². The summed E-state index contributed by atoms with van der Waals surface area (Å²) in [5.74, 6) is -2.68. The number of nitrogens with one attached hydrogen (secondary N) is 1. The van der Waals surface area contributed by atoms with Gasteiger partial charge in [0.1, 0.15) is 48.0 Å². The molecule has 3 amide bonds. The molecule has 0 aliphatic carbocycles. The molecule has 322 valence electrons. The Balaban J connectivity index is 2.35. The van der Waals surface area contributed by atoms with E-state index in [0.717, 1.165) is 6.42 Å². The van der Waals surface area contributed by atoms with Crippen LogP contribution in [-0.4, -0.2) is 86.1 Å². The van der Waals surface area contributed by atoms with Crippen molar-refractivity contribution in [2.24, 2.45) is 0 Å². The lowest BCUT2D eigenvalue weighted by molar-refractivity contribution is -0.152. The number of esters is 1. The Morgan fingerprint density at radius 2 is 1.59 bits per heavy atom. The van der Waals surface area contributed by atoms with Crippen molar-refractivity contribution in [2.75, 3.05) is 28.9 Å². The van der Waals surface area contributed by atoms with E-state index in [-0.39, 0.29) is 43.5 Å². The van der Waals surface area contributed by atoms with Gasteiger partial charge in [-0.1, -0.05) is 56.3 Å². The Labute approximate surface area is 341 Å². The van der Waals surface area contributed by atoms with Crippen molar-refractivity contribution in [3.8, 4) is 5.75 Å². The highest BCUT2D eigenvalue weighted by molar-refractivity contribution is 7.91. The molecule has 17 heteroatoms. The monoisotopic (exact) mass is 834 g/mol. The zero-order chi connectivity index (χ0) is 43.8. The van der Waals surface area contributed by atoms with Crippen LogP contribution in [0, 0.1) is 5.82 Å². The number of nitrogens with zero attached hydrogens (tertiary/aromatic N) is 3. The normalized spacial score (nSPS) is 14.8. The van der Waals surface area contributed by atoms with Crippen molar-refractivity contribution in [2.45, 2.75) is 131 Å². The molecular formula is C41H59FN4O11S. The highest BCUT2D eigenvalue weighted by Crippen LogP contribution is 2.46. The van der Waals surface area contributed by atoms with Crippen LogP contribution in [0.25, 0.3) is 0 Å². The predicted octanol–water partition coefficient (Wildman–Crippen LogP) is 7.80. The minimum Gasteiger partial charge on any atom is -0.487 e. The van der Waals surface area contributed by atoms with Crippen molar-refractivity contribution in [3.05, 3.63) is 66.0 Å². The second kappa shape index (κ2) is 19.1. The lowest BCUT2D eigenvalue weighted by Gasteiger charge is -2.36. The molecule has 0 fully saturated rings. The van der Waals surface area contributed by atoms with Crippen LogP contribution in [0.15, 0.2) is 49.1 Å². The zero-order valence-electron chi connectivity index (χ0n) is 35.5. The van der Waals surface area contributed by atoms with Crippen molar-refractivity contribution in [1.29, 1.82) is 0 Å². The third-order valence-corrected chi connectivity index (χ3v) is 9.54. The molecule has 0 bridgehead atoms. The first-order chi connectivity index (χ1) is 26.8. The Morgan fingerprint density at radius 3 is 2.14 bits per heavy atom. The Morgan fingerprint density at radius 1 is 0.983 bits per heavy atom. The number of benzene rings is 2. The van der Waals surface area contributed by atoms with Gasteiger partial charge >= 0.3 is 34.5 Å². The largest absolute Gasteiger partial charge is 0.487 e. The molecule has 0 radical (unpaired) electrons. The van der Waals surface area contributed by atoms with Gasteiger partial charge in [-0.05, 0) is 81.2 Å². The summed E-state index contributed by atoms with van der Waals surface area (Å²) in [7, 11) is -5.15. The summed E-state index contributed by atoms with van der Waals surface area (Å²) in [4.78, 5) is 56.5. The molecule has 58 heavy (non-hydrogen) atoms. The molecule has 2 atom stereocenters. The summed E-state index contributed by atoms with van der Waals surface area (Å²) < 4.78 is 75.8. The molecule has 0 aromatic heterocycles. The highest BCUT2D eigenvalue weighted by Gasteiger charge is 2.44. The van der Waals surface area contributed by atoms with Gasteiger partial charge in [-0.25, -0.2) is 27.8 Å². The second-order valence-corrected chi connectivity index (χ2v) is 18.5. The first-order valence-corrected chi connectivity index (χ1v) is 20.5. The molecule has 3 rings (SSSR count). The van der Waals surface area contributed by atoms with E-state index in [9.17, 15) is 27.6 Å². The first-order valence-electron chi connectivity index (χ1n) is 19.1. The Kier molecular flexibility index (Phi) is 15.6. The number of amides is 3. The number of rotatable bonds is 15. The number of halogens is 1.